The van der Waals surface area contributed by atoms with Gasteiger partial charge in [0.2, 0.25) is 0 Å². The fourth-order valence-electron chi connectivity index (χ4n) is 3.28. The number of benzene rings is 1. The number of amides is 2. The van der Waals surface area contributed by atoms with Crippen LogP contribution in [0.1, 0.15) is 31.7 Å². The van der Waals surface area contributed by atoms with Crippen LogP contribution >= 0.6 is 0 Å². The third-order valence-corrected chi connectivity index (χ3v) is 5.19. The molecule has 6 heteroatoms. The van der Waals surface area contributed by atoms with E-state index in [0.717, 1.165) is 31.0 Å². The Morgan fingerprint density at radius 2 is 1.85 bits per heavy atom. The van der Waals surface area contributed by atoms with Gasteiger partial charge in [0.15, 0.2) is 0 Å². The monoisotopic (exact) mass is 378 g/mol. The Balaban J connectivity index is 1.77. The average molecular weight is 379 g/mol. The van der Waals surface area contributed by atoms with Gasteiger partial charge in [-0.2, -0.15) is 0 Å². The minimum absolute atomic E-state index is 0.0477. The quantitative estimate of drug-likeness (QED) is 0.672. The first-order chi connectivity index (χ1) is 12.9. The molecule has 1 aromatic carbocycles. The number of likely N-dealkylation sites (N-methyl/N-ethyl adjacent to an activating group) is 1. The van der Waals surface area contributed by atoms with Gasteiger partial charge in [-0.05, 0) is 76.6 Å². The van der Waals surface area contributed by atoms with Gasteiger partial charge in [0.05, 0.1) is 0 Å². The molecule has 27 heavy (non-hydrogen) atoms. The van der Waals surface area contributed by atoms with Crippen molar-refractivity contribution in [3.05, 3.63) is 35.6 Å². The van der Waals surface area contributed by atoms with Gasteiger partial charge >= 0.3 is 6.03 Å². The molecular weight excluding hydrogens is 343 g/mol. The lowest BCUT2D eigenvalue weighted by atomic mass is 9.99. The van der Waals surface area contributed by atoms with Crippen molar-refractivity contribution in [1.82, 2.24) is 20.0 Å². The van der Waals surface area contributed by atoms with Crippen molar-refractivity contribution in [2.45, 2.75) is 32.7 Å². The molecule has 0 aliphatic carbocycles. The van der Waals surface area contributed by atoms with E-state index < -0.39 is 0 Å². The van der Waals surface area contributed by atoms with Gasteiger partial charge in [-0.15, -0.1) is 0 Å². The zero-order valence-electron chi connectivity index (χ0n) is 17.1. The minimum atomic E-state index is -0.254. The Bertz CT molecular complexity index is 556. The Hall–Kier alpha value is -1.66. The maximum atomic E-state index is 13.1. The van der Waals surface area contributed by atoms with E-state index in [-0.39, 0.29) is 11.8 Å². The highest BCUT2D eigenvalue weighted by Crippen LogP contribution is 2.15. The molecule has 1 fully saturated rings. The summed E-state index contributed by atoms with van der Waals surface area (Å²) in [6, 6.07) is 6.31. The molecule has 1 N–H and O–H groups in total. The lowest BCUT2D eigenvalue weighted by Crippen LogP contribution is -2.43. The van der Waals surface area contributed by atoms with Gasteiger partial charge in [0.25, 0.3) is 0 Å². The first-order valence-corrected chi connectivity index (χ1v) is 10.1. The van der Waals surface area contributed by atoms with Crippen LogP contribution in [-0.2, 0) is 6.54 Å². The summed E-state index contributed by atoms with van der Waals surface area (Å²) in [4.78, 5) is 19.0. The number of hydrogen-bond acceptors (Lipinski definition) is 3. The summed E-state index contributed by atoms with van der Waals surface area (Å²) >= 11 is 0. The second-order valence-corrected chi connectivity index (χ2v) is 7.96. The molecule has 2 amide bonds. The average Bonchev–Trinajstić information content (AvgIpc) is 2.65. The molecule has 2 rings (SSSR count). The Morgan fingerprint density at radius 1 is 1.19 bits per heavy atom. The molecule has 0 aromatic heterocycles. The summed E-state index contributed by atoms with van der Waals surface area (Å²) < 4.78 is 13.1. The highest BCUT2D eigenvalue weighted by Gasteiger charge is 2.16. The molecule has 0 bridgehead atoms. The highest BCUT2D eigenvalue weighted by molar-refractivity contribution is 5.74. The Kier molecular flexibility index (Phi) is 9.01. The lowest BCUT2D eigenvalue weighted by molar-refractivity contribution is 0.181. The number of carbonyl (C=O) groups excluding carboxylic acids is 1. The smallest absolute Gasteiger partial charge is 0.317 e. The van der Waals surface area contributed by atoms with Crippen LogP contribution < -0.4 is 5.32 Å². The van der Waals surface area contributed by atoms with Crippen molar-refractivity contribution in [2.75, 3.05) is 53.4 Å². The summed E-state index contributed by atoms with van der Waals surface area (Å²) in [6.07, 6.45) is 3.53. The topological polar surface area (TPSA) is 38.8 Å². The Labute approximate surface area is 163 Å². The van der Waals surface area contributed by atoms with Crippen LogP contribution in [0.5, 0.6) is 0 Å². The predicted molar refractivity (Wildman–Crippen MR) is 108 cm³/mol. The number of urea groups is 1. The van der Waals surface area contributed by atoms with E-state index in [1.807, 2.05) is 14.1 Å². The molecule has 5 nitrogen and oxygen atoms in total. The van der Waals surface area contributed by atoms with Crippen LogP contribution in [-0.4, -0.2) is 74.1 Å². The minimum Gasteiger partial charge on any atom is -0.338 e. The number of piperidine rings is 1. The largest absolute Gasteiger partial charge is 0.338 e. The highest BCUT2D eigenvalue weighted by atomic mass is 19.1. The zero-order chi connectivity index (χ0) is 19.6. The first kappa shape index (κ1) is 21.6. The molecule has 1 aliphatic heterocycles. The summed E-state index contributed by atoms with van der Waals surface area (Å²) in [7, 11) is 3.99. The number of likely N-dealkylation sites (tertiary alicyclic amines) is 1. The molecule has 0 radical (unpaired) electrons. The van der Waals surface area contributed by atoms with Crippen LogP contribution in [0.3, 0.4) is 0 Å². The standard InChI is InChI=1S/C21H35FN4O/c1-18-9-13-25(14-10-18)12-4-11-23-21(27)26(16-15-24(2)3)17-19-5-7-20(22)8-6-19/h5-8,18H,4,9-17H2,1-3H3,(H,23,27). The molecule has 1 saturated heterocycles. The Morgan fingerprint density at radius 3 is 2.48 bits per heavy atom. The van der Waals surface area contributed by atoms with E-state index in [1.165, 1.54) is 38.1 Å². The summed E-state index contributed by atoms with van der Waals surface area (Å²) in [5.74, 6) is 0.591. The third kappa shape index (κ3) is 8.26. The molecule has 0 unspecified atom stereocenters. The number of nitrogens with zero attached hydrogens (tertiary/aromatic N) is 3. The van der Waals surface area contributed by atoms with Crippen molar-refractivity contribution in [3.8, 4) is 0 Å². The van der Waals surface area contributed by atoms with Crippen molar-refractivity contribution in [2.24, 2.45) is 5.92 Å². The molecule has 0 atom stereocenters. The van der Waals surface area contributed by atoms with E-state index in [1.54, 1.807) is 17.0 Å². The second-order valence-electron chi connectivity index (χ2n) is 7.96. The maximum Gasteiger partial charge on any atom is 0.317 e. The number of rotatable bonds is 9. The normalized spacial score (nSPS) is 15.9. The number of hydrogen-bond donors (Lipinski definition) is 1. The van der Waals surface area contributed by atoms with Crippen LogP contribution in [0.2, 0.25) is 0 Å². The molecule has 1 aliphatic rings. The number of nitrogens with one attached hydrogen (secondary N) is 1. The van der Waals surface area contributed by atoms with Crippen molar-refractivity contribution >= 4 is 6.03 Å². The second kappa shape index (κ2) is 11.2. The molecule has 1 heterocycles. The summed E-state index contributed by atoms with van der Waals surface area (Å²) in [6.45, 7) is 8.32. The molecule has 0 saturated carbocycles. The van der Waals surface area contributed by atoms with Gasteiger partial charge in [-0.3, -0.25) is 0 Å². The fraction of sp³-hybridized carbons (Fsp3) is 0.667. The van der Waals surface area contributed by atoms with Crippen LogP contribution in [0.15, 0.2) is 24.3 Å². The van der Waals surface area contributed by atoms with Gasteiger partial charge in [0, 0.05) is 26.2 Å². The fourth-order valence-corrected chi connectivity index (χ4v) is 3.28. The molecule has 0 spiro atoms. The van der Waals surface area contributed by atoms with Crippen molar-refractivity contribution in [1.29, 1.82) is 0 Å². The van der Waals surface area contributed by atoms with E-state index in [9.17, 15) is 9.18 Å². The van der Waals surface area contributed by atoms with E-state index in [2.05, 4.69) is 22.0 Å². The third-order valence-electron chi connectivity index (χ3n) is 5.19. The van der Waals surface area contributed by atoms with E-state index >= 15 is 0 Å². The number of carbonyl (C=O) groups is 1. The van der Waals surface area contributed by atoms with Crippen LogP contribution in [0.4, 0.5) is 9.18 Å². The summed E-state index contributed by atoms with van der Waals surface area (Å²) in [5, 5.41) is 3.05. The van der Waals surface area contributed by atoms with E-state index in [4.69, 9.17) is 0 Å². The van der Waals surface area contributed by atoms with E-state index in [0.29, 0.717) is 19.6 Å². The van der Waals surface area contributed by atoms with Crippen LogP contribution in [0.25, 0.3) is 0 Å². The van der Waals surface area contributed by atoms with Crippen molar-refractivity contribution < 1.29 is 9.18 Å². The van der Waals surface area contributed by atoms with Gasteiger partial charge in [0.1, 0.15) is 5.82 Å². The molecular formula is C21H35FN4O. The number of halogens is 1. The van der Waals surface area contributed by atoms with Gasteiger partial charge in [-0.25, -0.2) is 9.18 Å². The molecule has 1 aromatic rings. The first-order valence-electron chi connectivity index (χ1n) is 10.1. The molecule has 152 valence electrons. The van der Waals surface area contributed by atoms with Crippen molar-refractivity contribution in [3.63, 3.8) is 0 Å². The zero-order valence-corrected chi connectivity index (χ0v) is 17.1. The predicted octanol–water partition coefficient (Wildman–Crippen LogP) is 3.02. The van der Waals surface area contributed by atoms with Gasteiger partial charge in [-0.1, -0.05) is 19.1 Å². The van der Waals surface area contributed by atoms with Gasteiger partial charge < -0.3 is 20.0 Å². The summed E-state index contributed by atoms with van der Waals surface area (Å²) in [5.41, 5.74) is 0.938. The lowest BCUT2D eigenvalue weighted by Gasteiger charge is -2.30. The SMILES string of the molecule is CC1CCN(CCCNC(=O)N(CCN(C)C)Cc2ccc(F)cc2)CC1. The van der Waals surface area contributed by atoms with Crippen LogP contribution in [0, 0.1) is 11.7 Å². The maximum absolute atomic E-state index is 13.1.